The number of fused-ring (bicyclic) bond motifs is 1. The van der Waals surface area contributed by atoms with Gasteiger partial charge in [-0.2, -0.15) is 13.2 Å². The largest absolute Gasteiger partial charge is 0.451 e. The molecule has 0 radical (unpaired) electrons. The Morgan fingerprint density at radius 1 is 1.07 bits per heavy atom. The van der Waals surface area contributed by atoms with E-state index < -0.39 is 35.4 Å². The number of hydrogen-bond donors (Lipinski definition) is 0. The molecule has 11 heteroatoms. The maximum atomic E-state index is 13.5. The van der Waals surface area contributed by atoms with Gasteiger partial charge in [-0.3, -0.25) is 4.79 Å². The molecular weight excluding hydrogens is 378 g/mol. The highest BCUT2D eigenvalue weighted by atomic mass is 19.4. The summed E-state index contributed by atoms with van der Waals surface area (Å²) >= 11 is 0. The number of carbonyl (C=O) groups is 1. The zero-order chi connectivity index (χ0) is 19.8. The topological polar surface area (TPSA) is 51.0 Å². The van der Waals surface area contributed by atoms with Gasteiger partial charge in [0, 0.05) is 19.2 Å². The van der Waals surface area contributed by atoms with Crippen molar-refractivity contribution in [3.63, 3.8) is 0 Å². The average Bonchev–Trinajstić information content (AvgIpc) is 3.02. The summed E-state index contributed by atoms with van der Waals surface area (Å²) in [5.41, 5.74) is -0.133. The minimum Gasteiger partial charge on any atom is -0.330 e. The Labute approximate surface area is 148 Å². The lowest BCUT2D eigenvalue weighted by Crippen LogP contribution is -2.38. The number of alkyl halides is 3. The summed E-state index contributed by atoms with van der Waals surface area (Å²) in [6.07, 6.45) is -2.43. The highest BCUT2D eigenvalue weighted by molar-refractivity contribution is 5.87. The highest BCUT2D eigenvalue weighted by Gasteiger charge is 2.39. The van der Waals surface area contributed by atoms with Gasteiger partial charge in [-0.05, 0) is 24.1 Å². The number of aromatic nitrogens is 3. The Bertz CT molecular complexity index is 905. The zero-order valence-corrected chi connectivity index (χ0v) is 13.6. The molecule has 144 valence electrons. The Balaban J connectivity index is 1.65. The van der Waals surface area contributed by atoms with Crippen LogP contribution in [-0.2, 0) is 30.5 Å². The Morgan fingerprint density at radius 2 is 1.78 bits per heavy atom. The molecule has 0 bridgehead atoms. The molecule has 27 heavy (non-hydrogen) atoms. The molecular formula is C16H12F6N4O. The third-order valence-corrected chi connectivity index (χ3v) is 4.01. The SMILES string of the molecule is O=C(/C=C/Cc1cc(F)c(F)cc1F)N1CCn2c(nnc2C(F)(F)F)C1. The average molecular weight is 390 g/mol. The minimum absolute atomic E-state index is 0.00183. The summed E-state index contributed by atoms with van der Waals surface area (Å²) in [6.45, 7) is -0.267. The molecule has 1 amide bonds. The smallest absolute Gasteiger partial charge is 0.330 e. The van der Waals surface area contributed by atoms with E-state index in [0.29, 0.717) is 12.1 Å². The van der Waals surface area contributed by atoms with E-state index in [1.165, 1.54) is 11.0 Å². The lowest BCUT2D eigenvalue weighted by Gasteiger charge is -2.27. The van der Waals surface area contributed by atoms with Crippen LogP contribution in [0.15, 0.2) is 24.3 Å². The van der Waals surface area contributed by atoms with Gasteiger partial charge in [-0.25, -0.2) is 13.2 Å². The van der Waals surface area contributed by atoms with Crippen molar-refractivity contribution in [2.75, 3.05) is 6.54 Å². The van der Waals surface area contributed by atoms with E-state index in [1.807, 2.05) is 0 Å². The van der Waals surface area contributed by atoms with Crippen LogP contribution in [0, 0.1) is 17.5 Å². The van der Waals surface area contributed by atoms with Gasteiger partial charge in [0.15, 0.2) is 17.5 Å². The molecule has 2 heterocycles. The summed E-state index contributed by atoms with van der Waals surface area (Å²) in [5.74, 6) is -5.11. The fraction of sp³-hybridized carbons (Fsp3) is 0.312. The molecule has 1 aromatic carbocycles. The summed E-state index contributed by atoms with van der Waals surface area (Å²) < 4.78 is 78.8. The van der Waals surface area contributed by atoms with Crippen molar-refractivity contribution < 1.29 is 31.1 Å². The predicted octanol–water partition coefficient (Wildman–Crippen LogP) is 2.86. The molecule has 1 aliphatic rings. The molecule has 1 aliphatic heterocycles. The Hall–Kier alpha value is -2.85. The van der Waals surface area contributed by atoms with Crippen molar-refractivity contribution in [3.05, 3.63) is 58.9 Å². The van der Waals surface area contributed by atoms with Gasteiger partial charge in [-0.15, -0.1) is 10.2 Å². The van der Waals surface area contributed by atoms with Crippen LogP contribution in [0.2, 0.25) is 0 Å². The van der Waals surface area contributed by atoms with Gasteiger partial charge in [0.25, 0.3) is 0 Å². The van der Waals surface area contributed by atoms with Crippen LogP contribution in [0.1, 0.15) is 17.2 Å². The fourth-order valence-corrected chi connectivity index (χ4v) is 2.67. The lowest BCUT2D eigenvalue weighted by atomic mass is 10.1. The molecule has 5 nitrogen and oxygen atoms in total. The standard InChI is InChI=1S/C16H12F6N4O/c17-10-7-12(19)11(18)6-9(10)2-1-3-14(27)25-4-5-26-13(8-25)23-24-15(26)16(20,21)22/h1,3,6-7H,2,4-5,8H2/b3-1+. The van der Waals surface area contributed by atoms with E-state index in [4.69, 9.17) is 0 Å². The number of amides is 1. The minimum atomic E-state index is -4.63. The van der Waals surface area contributed by atoms with Crippen molar-refractivity contribution in [1.82, 2.24) is 19.7 Å². The first-order chi connectivity index (χ1) is 12.7. The summed E-state index contributed by atoms with van der Waals surface area (Å²) in [6, 6.07) is 1.11. The first kappa shape index (κ1) is 18.9. The van der Waals surface area contributed by atoms with Crippen LogP contribution in [0.25, 0.3) is 0 Å². The number of halogens is 6. The van der Waals surface area contributed by atoms with Crippen LogP contribution in [0.3, 0.4) is 0 Å². The van der Waals surface area contributed by atoms with Crippen molar-refractivity contribution in [1.29, 1.82) is 0 Å². The predicted molar refractivity (Wildman–Crippen MR) is 79.6 cm³/mol. The van der Waals surface area contributed by atoms with Gasteiger partial charge in [0.05, 0.1) is 6.54 Å². The number of nitrogens with zero attached hydrogens (tertiary/aromatic N) is 4. The summed E-state index contributed by atoms with van der Waals surface area (Å²) in [5, 5.41) is 6.58. The van der Waals surface area contributed by atoms with Crippen LogP contribution < -0.4 is 0 Å². The van der Waals surface area contributed by atoms with Crippen LogP contribution in [0.5, 0.6) is 0 Å². The van der Waals surface area contributed by atoms with Crippen molar-refractivity contribution in [3.8, 4) is 0 Å². The second kappa shape index (κ2) is 7.05. The van der Waals surface area contributed by atoms with Crippen molar-refractivity contribution in [2.24, 2.45) is 0 Å². The summed E-state index contributed by atoms with van der Waals surface area (Å²) in [4.78, 5) is 13.4. The van der Waals surface area contributed by atoms with Gasteiger partial charge >= 0.3 is 6.18 Å². The van der Waals surface area contributed by atoms with Gasteiger partial charge in [0.2, 0.25) is 11.7 Å². The maximum Gasteiger partial charge on any atom is 0.451 e. The second-order valence-corrected chi connectivity index (χ2v) is 5.81. The molecule has 0 spiro atoms. The van der Waals surface area contributed by atoms with Gasteiger partial charge in [0.1, 0.15) is 5.82 Å². The molecule has 1 aromatic heterocycles. The molecule has 3 rings (SSSR count). The molecule has 0 N–H and O–H groups in total. The number of benzene rings is 1. The van der Waals surface area contributed by atoms with Gasteiger partial charge in [-0.1, -0.05) is 6.08 Å². The number of hydrogen-bond acceptors (Lipinski definition) is 3. The zero-order valence-electron chi connectivity index (χ0n) is 13.6. The van der Waals surface area contributed by atoms with E-state index >= 15 is 0 Å². The summed E-state index contributed by atoms with van der Waals surface area (Å²) in [7, 11) is 0. The van der Waals surface area contributed by atoms with Gasteiger partial charge < -0.3 is 9.47 Å². The fourth-order valence-electron chi connectivity index (χ4n) is 2.67. The van der Waals surface area contributed by atoms with Crippen LogP contribution in [0.4, 0.5) is 26.3 Å². The monoisotopic (exact) mass is 390 g/mol. The number of allylic oxidation sites excluding steroid dienone is 1. The quantitative estimate of drug-likeness (QED) is 0.460. The van der Waals surface area contributed by atoms with E-state index in [1.54, 1.807) is 0 Å². The molecule has 0 unspecified atom stereocenters. The second-order valence-electron chi connectivity index (χ2n) is 5.81. The molecule has 0 saturated carbocycles. The highest BCUT2D eigenvalue weighted by Crippen LogP contribution is 2.29. The number of rotatable bonds is 3. The molecule has 2 aromatic rings. The van der Waals surface area contributed by atoms with E-state index in [0.717, 1.165) is 10.6 Å². The van der Waals surface area contributed by atoms with Crippen molar-refractivity contribution in [2.45, 2.75) is 25.7 Å². The number of carbonyl (C=O) groups excluding carboxylic acids is 1. The first-order valence-electron chi connectivity index (χ1n) is 7.75. The Kier molecular flexibility index (Phi) is 4.94. The normalized spacial score (nSPS) is 14.7. The first-order valence-corrected chi connectivity index (χ1v) is 7.75. The Morgan fingerprint density at radius 3 is 2.48 bits per heavy atom. The van der Waals surface area contributed by atoms with E-state index in [9.17, 15) is 31.1 Å². The molecule has 0 fully saturated rings. The molecule has 0 atom stereocenters. The maximum absolute atomic E-state index is 13.5. The third-order valence-electron chi connectivity index (χ3n) is 4.01. The van der Waals surface area contributed by atoms with Crippen LogP contribution in [-0.4, -0.2) is 32.1 Å². The molecule has 0 saturated heterocycles. The third kappa shape index (κ3) is 3.96. The van der Waals surface area contributed by atoms with Crippen molar-refractivity contribution >= 4 is 5.91 Å². The molecule has 0 aliphatic carbocycles. The van der Waals surface area contributed by atoms with E-state index in [-0.39, 0.29) is 37.4 Å². The lowest BCUT2D eigenvalue weighted by molar-refractivity contribution is -0.148. The van der Waals surface area contributed by atoms with E-state index in [2.05, 4.69) is 10.2 Å². The van der Waals surface area contributed by atoms with Crippen LogP contribution >= 0.6 is 0 Å².